The van der Waals surface area contributed by atoms with Crippen molar-refractivity contribution >= 4 is 16.7 Å². The van der Waals surface area contributed by atoms with Crippen molar-refractivity contribution < 1.29 is 4.79 Å². The van der Waals surface area contributed by atoms with Crippen molar-refractivity contribution in [2.24, 2.45) is 0 Å². The highest BCUT2D eigenvalue weighted by Gasteiger charge is 2.22. The fraction of sp³-hybridized carbons (Fsp3) is 0.217. The zero-order valence-electron chi connectivity index (χ0n) is 15.1. The fourth-order valence-electron chi connectivity index (χ4n) is 3.65. The number of carbonyl (C=O) groups is 1. The highest BCUT2D eigenvalue weighted by atomic mass is 16.2. The van der Waals surface area contributed by atoms with Crippen molar-refractivity contribution in [2.75, 3.05) is 26.2 Å². The average molecular weight is 355 g/mol. The topological polar surface area (TPSA) is 47.3 Å². The first-order valence-corrected chi connectivity index (χ1v) is 9.23. The molecule has 4 rings (SSSR count). The van der Waals surface area contributed by atoms with E-state index in [0.717, 1.165) is 32.7 Å². The molecule has 0 aromatic heterocycles. The van der Waals surface area contributed by atoms with Gasteiger partial charge in [0.25, 0.3) is 5.91 Å². The Labute approximate surface area is 159 Å². The number of nitriles is 1. The summed E-state index contributed by atoms with van der Waals surface area (Å²) in [6, 6.07) is 23.9. The summed E-state index contributed by atoms with van der Waals surface area (Å²) in [7, 11) is 0. The smallest absolute Gasteiger partial charge is 0.253 e. The van der Waals surface area contributed by atoms with Crippen LogP contribution in [0.25, 0.3) is 10.8 Å². The fourth-order valence-corrected chi connectivity index (χ4v) is 3.65. The molecule has 0 bridgehead atoms. The summed E-state index contributed by atoms with van der Waals surface area (Å²) in [5.41, 5.74) is 2.56. The summed E-state index contributed by atoms with van der Waals surface area (Å²) in [4.78, 5) is 17.0. The Morgan fingerprint density at radius 2 is 1.59 bits per heavy atom. The average Bonchev–Trinajstić information content (AvgIpc) is 2.74. The Balaban J connectivity index is 1.40. The highest BCUT2D eigenvalue weighted by molar-refractivity contribution is 5.94. The van der Waals surface area contributed by atoms with Crippen molar-refractivity contribution in [1.82, 2.24) is 9.80 Å². The zero-order valence-corrected chi connectivity index (χ0v) is 15.1. The summed E-state index contributed by atoms with van der Waals surface area (Å²) in [5, 5.41) is 11.5. The second kappa shape index (κ2) is 7.61. The molecule has 1 saturated heterocycles. The van der Waals surface area contributed by atoms with Crippen LogP contribution >= 0.6 is 0 Å². The molecule has 0 unspecified atom stereocenters. The van der Waals surface area contributed by atoms with Gasteiger partial charge in [0.15, 0.2) is 0 Å². The molecule has 3 aromatic rings. The van der Waals surface area contributed by atoms with E-state index in [1.54, 1.807) is 24.3 Å². The van der Waals surface area contributed by atoms with E-state index >= 15 is 0 Å². The molecule has 0 saturated carbocycles. The van der Waals surface area contributed by atoms with Crippen LogP contribution in [-0.4, -0.2) is 41.9 Å². The molecule has 0 atom stereocenters. The minimum atomic E-state index is 0.0456. The lowest BCUT2D eigenvalue weighted by molar-refractivity contribution is 0.0629. The standard InChI is InChI=1S/C23H21N3O/c24-16-18-8-10-20(11-9-18)23(27)26-14-12-25(13-15-26)17-21-6-3-5-19-4-1-2-7-22(19)21/h1-11H,12-15,17H2. The van der Waals surface area contributed by atoms with Crippen LogP contribution in [0.3, 0.4) is 0 Å². The van der Waals surface area contributed by atoms with Crippen molar-refractivity contribution in [2.45, 2.75) is 6.54 Å². The quantitative estimate of drug-likeness (QED) is 0.720. The molecule has 1 amide bonds. The molecule has 27 heavy (non-hydrogen) atoms. The Bertz CT molecular complexity index is 991. The molecule has 134 valence electrons. The van der Waals surface area contributed by atoms with Crippen LogP contribution in [0.2, 0.25) is 0 Å². The van der Waals surface area contributed by atoms with E-state index in [0.29, 0.717) is 11.1 Å². The number of carbonyl (C=O) groups excluding carboxylic acids is 1. The number of piperazine rings is 1. The van der Waals surface area contributed by atoms with E-state index < -0.39 is 0 Å². The Hall–Kier alpha value is -3.16. The van der Waals surface area contributed by atoms with Crippen molar-refractivity contribution in [1.29, 1.82) is 5.26 Å². The maximum absolute atomic E-state index is 12.7. The maximum atomic E-state index is 12.7. The number of amides is 1. The van der Waals surface area contributed by atoms with Crippen LogP contribution in [0.4, 0.5) is 0 Å². The molecule has 3 aromatic carbocycles. The van der Waals surface area contributed by atoms with Crippen molar-refractivity contribution in [3.05, 3.63) is 83.4 Å². The summed E-state index contributed by atoms with van der Waals surface area (Å²) in [6.07, 6.45) is 0. The second-order valence-corrected chi connectivity index (χ2v) is 6.90. The van der Waals surface area contributed by atoms with Crippen LogP contribution in [0.1, 0.15) is 21.5 Å². The Morgan fingerprint density at radius 1 is 0.889 bits per heavy atom. The van der Waals surface area contributed by atoms with E-state index in [1.807, 2.05) is 4.90 Å². The Kier molecular flexibility index (Phi) is 4.86. The maximum Gasteiger partial charge on any atom is 0.253 e. The van der Waals surface area contributed by atoms with Gasteiger partial charge in [-0.15, -0.1) is 0 Å². The van der Waals surface area contributed by atoms with Crippen molar-refractivity contribution in [3.63, 3.8) is 0 Å². The molecule has 0 radical (unpaired) electrons. The molecular formula is C23H21N3O. The van der Waals surface area contributed by atoms with Gasteiger partial charge in [0.1, 0.15) is 0 Å². The third kappa shape index (κ3) is 3.69. The van der Waals surface area contributed by atoms with Gasteiger partial charge in [0, 0.05) is 38.3 Å². The zero-order chi connectivity index (χ0) is 18.6. The first kappa shape index (κ1) is 17.3. The lowest BCUT2D eigenvalue weighted by Crippen LogP contribution is -2.48. The monoisotopic (exact) mass is 355 g/mol. The molecule has 0 N–H and O–H groups in total. The van der Waals surface area contributed by atoms with Gasteiger partial charge < -0.3 is 4.90 Å². The van der Waals surface area contributed by atoms with E-state index in [1.165, 1.54) is 16.3 Å². The normalized spacial score (nSPS) is 14.9. The van der Waals surface area contributed by atoms with E-state index in [-0.39, 0.29) is 5.91 Å². The van der Waals surface area contributed by atoms with Crippen LogP contribution in [0, 0.1) is 11.3 Å². The van der Waals surface area contributed by atoms with Crippen LogP contribution < -0.4 is 0 Å². The first-order chi connectivity index (χ1) is 13.2. The van der Waals surface area contributed by atoms with E-state index in [9.17, 15) is 4.79 Å². The van der Waals surface area contributed by atoms with E-state index in [2.05, 4.69) is 53.4 Å². The summed E-state index contributed by atoms with van der Waals surface area (Å²) in [6.45, 7) is 4.09. The SMILES string of the molecule is N#Cc1ccc(C(=O)N2CCN(Cc3cccc4ccccc34)CC2)cc1. The van der Waals surface area contributed by atoms with Gasteiger partial charge in [0.2, 0.25) is 0 Å². The first-order valence-electron chi connectivity index (χ1n) is 9.23. The van der Waals surface area contributed by atoms with Gasteiger partial charge in [-0.25, -0.2) is 0 Å². The van der Waals surface area contributed by atoms with Gasteiger partial charge in [-0.05, 0) is 40.6 Å². The number of benzene rings is 3. The van der Waals surface area contributed by atoms with Crippen LogP contribution in [0.5, 0.6) is 0 Å². The third-order valence-corrected chi connectivity index (χ3v) is 5.19. The summed E-state index contributed by atoms with van der Waals surface area (Å²) >= 11 is 0. The Morgan fingerprint density at radius 3 is 2.33 bits per heavy atom. The van der Waals surface area contributed by atoms with Crippen molar-refractivity contribution in [3.8, 4) is 6.07 Å². The van der Waals surface area contributed by atoms with Crippen LogP contribution in [0.15, 0.2) is 66.7 Å². The largest absolute Gasteiger partial charge is 0.336 e. The van der Waals surface area contributed by atoms with Gasteiger partial charge >= 0.3 is 0 Å². The van der Waals surface area contributed by atoms with Crippen LogP contribution in [-0.2, 0) is 6.54 Å². The number of fused-ring (bicyclic) bond motifs is 1. The summed E-state index contributed by atoms with van der Waals surface area (Å²) in [5.74, 6) is 0.0456. The minimum absolute atomic E-state index is 0.0456. The molecule has 1 heterocycles. The third-order valence-electron chi connectivity index (χ3n) is 5.19. The molecule has 1 fully saturated rings. The lowest BCUT2D eigenvalue weighted by Gasteiger charge is -2.35. The number of rotatable bonds is 3. The minimum Gasteiger partial charge on any atom is -0.336 e. The van der Waals surface area contributed by atoms with Gasteiger partial charge in [-0.3, -0.25) is 9.69 Å². The highest BCUT2D eigenvalue weighted by Crippen LogP contribution is 2.21. The number of hydrogen-bond donors (Lipinski definition) is 0. The summed E-state index contributed by atoms with van der Waals surface area (Å²) < 4.78 is 0. The van der Waals surface area contributed by atoms with E-state index in [4.69, 9.17) is 5.26 Å². The predicted octanol–water partition coefficient (Wildman–Crippen LogP) is 3.67. The molecular weight excluding hydrogens is 334 g/mol. The van der Waals surface area contributed by atoms with Gasteiger partial charge in [-0.2, -0.15) is 5.26 Å². The molecule has 1 aliphatic heterocycles. The van der Waals surface area contributed by atoms with Gasteiger partial charge in [-0.1, -0.05) is 42.5 Å². The molecule has 4 heteroatoms. The lowest BCUT2D eigenvalue weighted by atomic mass is 10.0. The molecule has 0 aliphatic carbocycles. The molecule has 4 nitrogen and oxygen atoms in total. The number of nitrogens with zero attached hydrogens (tertiary/aromatic N) is 3. The second-order valence-electron chi connectivity index (χ2n) is 6.90. The molecule has 1 aliphatic rings. The predicted molar refractivity (Wildman–Crippen MR) is 106 cm³/mol. The van der Waals surface area contributed by atoms with Gasteiger partial charge in [0.05, 0.1) is 11.6 Å². The number of hydrogen-bond acceptors (Lipinski definition) is 3. The molecule has 0 spiro atoms.